The van der Waals surface area contributed by atoms with Gasteiger partial charge >= 0.3 is 8.25 Å². The third-order valence-electron chi connectivity index (χ3n) is 1.02. The third-order valence-corrected chi connectivity index (χ3v) is 1.96. The fourth-order valence-corrected chi connectivity index (χ4v) is 0.988. The standard InChI is InChI=1S/C8H13Cl2O3P/c1-7(9)3-5-12-14(11)13-6-4-8(2)10/h3-8,14H,1-2H3. The molecule has 0 saturated heterocycles. The maximum absolute atomic E-state index is 11.0. The van der Waals surface area contributed by atoms with Gasteiger partial charge in [-0.2, -0.15) is 0 Å². The van der Waals surface area contributed by atoms with Gasteiger partial charge in [0.05, 0.1) is 23.3 Å². The van der Waals surface area contributed by atoms with Gasteiger partial charge < -0.3 is 9.05 Å². The molecule has 0 amide bonds. The third kappa shape index (κ3) is 9.97. The average molecular weight is 259 g/mol. The van der Waals surface area contributed by atoms with Crippen LogP contribution in [0.1, 0.15) is 13.8 Å². The summed E-state index contributed by atoms with van der Waals surface area (Å²) < 4.78 is 20.4. The minimum absolute atomic E-state index is 0.164. The van der Waals surface area contributed by atoms with E-state index in [2.05, 4.69) is 0 Å². The summed E-state index contributed by atoms with van der Waals surface area (Å²) >= 11 is 11.2. The molecule has 0 spiro atoms. The number of allylic oxidation sites excluding steroid dienone is 2. The second-order valence-corrected chi connectivity index (χ2v) is 4.85. The molecule has 14 heavy (non-hydrogen) atoms. The lowest BCUT2D eigenvalue weighted by Crippen LogP contribution is -1.82. The quantitative estimate of drug-likeness (QED) is 0.414. The van der Waals surface area contributed by atoms with Gasteiger partial charge in [0.15, 0.2) is 0 Å². The van der Waals surface area contributed by atoms with Crippen LogP contribution in [0.4, 0.5) is 0 Å². The van der Waals surface area contributed by atoms with E-state index in [1.54, 1.807) is 26.0 Å². The Kier molecular flexibility index (Phi) is 8.15. The van der Waals surface area contributed by atoms with Crippen LogP contribution in [0.3, 0.4) is 0 Å². The number of hydrogen-bond acceptors (Lipinski definition) is 3. The number of hydrogen-bond donors (Lipinski definition) is 0. The second kappa shape index (κ2) is 8.22. The highest BCUT2D eigenvalue weighted by atomic mass is 35.5. The second-order valence-electron chi connectivity index (χ2n) is 2.50. The average Bonchev–Trinajstić information content (AvgIpc) is 2.02. The van der Waals surface area contributed by atoms with E-state index in [-0.39, 0.29) is 10.8 Å². The Balaban J connectivity index is 3.66. The van der Waals surface area contributed by atoms with E-state index >= 15 is 0 Å². The number of rotatable bonds is 6. The molecule has 2 atom stereocenters. The molecule has 0 saturated carbocycles. The van der Waals surface area contributed by atoms with Crippen LogP contribution in [0.5, 0.6) is 0 Å². The molecule has 0 fully saturated rings. The highest BCUT2D eigenvalue weighted by Crippen LogP contribution is 2.24. The minimum Gasteiger partial charge on any atom is -0.426 e. The SMILES string of the molecule is CC(Cl)C=CO[PH](=O)OC=CC(C)Cl. The van der Waals surface area contributed by atoms with E-state index in [0.29, 0.717) is 0 Å². The predicted octanol–water partition coefficient (Wildman–Crippen LogP) is 3.69. The van der Waals surface area contributed by atoms with Crippen molar-refractivity contribution in [3.8, 4) is 0 Å². The van der Waals surface area contributed by atoms with Gasteiger partial charge in [-0.3, -0.25) is 0 Å². The molecule has 82 valence electrons. The van der Waals surface area contributed by atoms with Gasteiger partial charge in [0.25, 0.3) is 0 Å². The molecule has 0 aliphatic heterocycles. The van der Waals surface area contributed by atoms with Crippen LogP contribution in [0.15, 0.2) is 24.7 Å². The first-order chi connectivity index (χ1) is 6.52. The molecule has 0 aromatic rings. The molecule has 0 rings (SSSR count). The largest absolute Gasteiger partial charge is 0.426 e. The first-order valence-electron chi connectivity index (χ1n) is 4.01. The van der Waals surface area contributed by atoms with Gasteiger partial charge in [-0.15, -0.1) is 23.2 Å². The van der Waals surface area contributed by atoms with Crippen molar-refractivity contribution in [3.05, 3.63) is 24.7 Å². The fourth-order valence-electron chi connectivity index (χ4n) is 0.434. The summed E-state index contributed by atoms with van der Waals surface area (Å²) in [4.78, 5) is 0. The van der Waals surface area contributed by atoms with Crippen LogP contribution in [-0.2, 0) is 13.6 Å². The first kappa shape index (κ1) is 13.9. The van der Waals surface area contributed by atoms with E-state index in [4.69, 9.17) is 32.2 Å². The van der Waals surface area contributed by atoms with Crippen LogP contribution in [-0.4, -0.2) is 10.8 Å². The summed E-state index contributed by atoms with van der Waals surface area (Å²) in [6, 6.07) is 0. The Morgan fingerprint density at radius 3 is 1.71 bits per heavy atom. The van der Waals surface area contributed by atoms with Crippen molar-refractivity contribution < 1.29 is 13.6 Å². The molecule has 0 aromatic carbocycles. The zero-order chi connectivity index (χ0) is 11.0. The van der Waals surface area contributed by atoms with Crippen LogP contribution in [0.2, 0.25) is 0 Å². The zero-order valence-electron chi connectivity index (χ0n) is 7.94. The van der Waals surface area contributed by atoms with E-state index in [1.165, 1.54) is 12.5 Å². The predicted molar refractivity (Wildman–Crippen MR) is 60.1 cm³/mol. The smallest absolute Gasteiger partial charge is 0.417 e. The van der Waals surface area contributed by atoms with Gasteiger partial charge in [0, 0.05) is 0 Å². The lowest BCUT2D eigenvalue weighted by atomic mass is 10.5. The Hall–Kier alpha value is -0.110. The van der Waals surface area contributed by atoms with Crippen LogP contribution < -0.4 is 0 Å². The van der Waals surface area contributed by atoms with Gasteiger partial charge in [-0.25, -0.2) is 4.57 Å². The molecule has 3 nitrogen and oxygen atoms in total. The van der Waals surface area contributed by atoms with Gasteiger partial charge in [0.2, 0.25) is 0 Å². The van der Waals surface area contributed by atoms with Gasteiger partial charge in [-0.1, -0.05) is 0 Å². The molecular formula is C8H13Cl2O3P. The Morgan fingerprint density at radius 1 is 1.07 bits per heavy atom. The molecule has 0 heterocycles. The maximum Gasteiger partial charge on any atom is 0.417 e. The molecule has 0 aromatic heterocycles. The molecule has 0 aliphatic rings. The molecule has 6 heteroatoms. The van der Waals surface area contributed by atoms with Crippen molar-refractivity contribution >= 4 is 31.5 Å². The maximum atomic E-state index is 11.0. The molecule has 0 N–H and O–H groups in total. The number of alkyl halides is 2. The number of halogens is 2. The molecule has 0 radical (unpaired) electrons. The van der Waals surface area contributed by atoms with Crippen LogP contribution >= 0.6 is 31.5 Å². The van der Waals surface area contributed by atoms with E-state index in [1.807, 2.05) is 0 Å². The monoisotopic (exact) mass is 258 g/mol. The molecule has 0 aliphatic carbocycles. The van der Waals surface area contributed by atoms with Gasteiger partial charge in [-0.05, 0) is 26.0 Å². The van der Waals surface area contributed by atoms with E-state index in [0.717, 1.165) is 0 Å². The normalized spacial score (nSPS) is 18.3. The summed E-state index contributed by atoms with van der Waals surface area (Å²) in [5, 5.41) is -0.327. The highest BCUT2D eigenvalue weighted by Gasteiger charge is 1.94. The van der Waals surface area contributed by atoms with Crippen molar-refractivity contribution in [3.63, 3.8) is 0 Å². The van der Waals surface area contributed by atoms with Crippen LogP contribution in [0.25, 0.3) is 0 Å². The van der Waals surface area contributed by atoms with Gasteiger partial charge in [0.1, 0.15) is 0 Å². The topological polar surface area (TPSA) is 35.5 Å². The summed E-state index contributed by atoms with van der Waals surface area (Å²) in [7, 11) is -2.52. The van der Waals surface area contributed by atoms with Crippen molar-refractivity contribution in [1.29, 1.82) is 0 Å². The summed E-state index contributed by atoms with van der Waals surface area (Å²) in [6.07, 6.45) is 5.64. The van der Waals surface area contributed by atoms with E-state index in [9.17, 15) is 4.57 Å². The van der Waals surface area contributed by atoms with E-state index < -0.39 is 8.25 Å². The Bertz CT molecular complexity index is 205. The zero-order valence-corrected chi connectivity index (χ0v) is 10.5. The first-order valence-corrected chi connectivity index (χ1v) is 6.11. The van der Waals surface area contributed by atoms with Crippen LogP contribution in [0, 0.1) is 0 Å². The summed E-state index contributed by atoms with van der Waals surface area (Å²) in [5.41, 5.74) is 0. The van der Waals surface area contributed by atoms with Crippen molar-refractivity contribution in [1.82, 2.24) is 0 Å². The molecular weight excluding hydrogens is 246 g/mol. The van der Waals surface area contributed by atoms with Crippen molar-refractivity contribution in [2.24, 2.45) is 0 Å². The summed E-state index contributed by atoms with van der Waals surface area (Å²) in [5.74, 6) is 0. The molecule has 0 bridgehead atoms. The summed E-state index contributed by atoms with van der Waals surface area (Å²) in [6.45, 7) is 3.52. The van der Waals surface area contributed by atoms with Crippen molar-refractivity contribution in [2.45, 2.75) is 24.6 Å². The lowest BCUT2D eigenvalue weighted by Gasteiger charge is -2.00. The Labute approximate surface area is 94.6 Å². The molecule has 2 unspecified atom stereocenters. The Morgan fingerprint density at radius 2 is 1.43 bits per heavy atom. The lowest BCUT2D eigenvalue weighted by molar-refractivity contribution is 0.355. The minimum atomic E-state index is -2.52. The fraction of sp³-hybridized carbons (Fsp3) is 0.500. The van der Waals surface area contributed by atoms with Crippen molar-refractivity contribution in [2.75, 3.05) is 0 Å². The highest BCUT2D eigenvalue weighted by molar-refractivity contribution is 7.33.